The molecule has 1 atom stereocenters. The summed E-state index contributed by atoms with van der Waals surface area (Å²) in [7, 11) is 0. The highest BCUT2D eigenvalue weighted by Crippen LogP contribution is 2.40. The zero-order chi connectivity index (χ0) is 24.2. The summed E-state index contributed by atoms with van der Waals surface area (Å²) in [5.74, 6) is 2.16. The van der Waals surface area contributed by atoms with Crippen molar-refractivity contribution in [1.82, 2.24) is 15.3 Å². The number of carbonyl (C=O) groups is 1. The number of nitrogens with one attached hydrogen (secondary N) is 1. The molecule has 35 heavy (non-hydrogen) atoms. The number of amides is 1. The van der Waals surface area contributed by atoms with Gasteiger partial charge in [-0.15, -0.1) is 0 Å². The van der Waals surface area contributed by atoms with Gasteiger partial charge < -0.3 is 10.2 Å². The first-order valence-corrected chi connectivity index (χ1v) is 12.5. The lowest BCUT2D eigenvalue weighted by Crippen LogP contribution is -2.32. The van der Waals surface area contributed by atoms with Gasteiger partial charge in [0.1, 0.15) is 11.6 Å². The average molecular weight is 485 g/mol. The Morgan fingerprint density at radius 1 is 1.03 bits per heavy atom. The summed E-state index contributed by atoms with van der Waals surface area (Å²) in [6.07, 6.45) is 2.59. The Labute approximate surface area is 211 Å². The van der Waals surface area contributed by atoms with Gasteiger partial charge in [-0.25, -0.2) is 9.97 Å². The van der Waals surface area contributed by atoms with Crippen LogP contribution in [0.25, 0.3) is 10.9 Å². The van der Waals surface area contributed by atoms with Crippen LogP contribution in [0.2, 0.25) is 5.02 Å². The number of aromatic nitrogens is 2. The maximum absolute atomic E-state index is 12.9. The van der Waals surface area contributed by atoms with Gasteiger partial charge in [0.15, 0.2) is 0 Å². The minimum Gasteiger partial charge on any atom is -0.351 e. The van der Waals surface area contributed by atoms with E-state index in [1.165, 1.54) is 5.56 Å². The summed E-state index contributed by atoms with van der Waals surface area (Å²) >= 11 is 6.30. The van der Waals surface area contributed by atoms with Crippen molar-refractivity contribution in [1.29, 1.82) is 0 Å². The van der Waals surface area contributed by atoms with Crippen LogP contribution in [0.3, 0.4) is 0 Å². The smallest absolute Gasteiger partial charge is 0.222 e. The van der Waals surface area contributed by atoms with E-state index in [-0.39, 0.29) is 11.9 Å². The van der Waals surface area contributed by atoms with Crippen molar-refractivity contribution in [2.45, 2.75) is 44.7 Å². The molecule has 0 spiro atoms. The van der Waals surface area contributed by atoms with E-state index in [0.29, 0.717) is 30.5 Å². The molecule has 0 saturated heterocycles. The van der Waals surface area contributed by atoms with Gasteiger partial charge in [-0.1, -0.05) is 72.3 Å². The molecule has 3 aromatic carbocycles. The number of hydrogen-bond donors (Lipinski definition) is 1. The van der Waals surface area contributed by atoms with Gasteiger partial charge in [-0.3, -0.25) is 4.79 Å². The second kappa shape index (κ2) is 10.4. The molecule has 1 saturated carbocycles. The van der Waals surface area contributed by atoms with Crippen molar-refractivity contribution in [3.8, 4) is 0 Å². The second-order valence-corrected chi connectivity index (χ2v) is 9.63. The normalized spacial score (nSPS) is 14.0. The molecule has 178 valence electrons. The molecule has 1 unspecified atom stereocenters. The Balaban J connectivity index is 1.42. The molecule has 4 aromatic rings. The molecule has 1 aromatic heterocycles. The molecule has 0 aliphatic heterocycles. The molecular weight excluding hydrogens is 456 g/mol. The topological polar surface area (TPSA) is 58.1 Å². The molecule has 1 amide bonds. The number of halogens is 1. The number of carbonyl (C=O) groups excluding carboxylic acids is 1. The van der Waals surface area contributed by atoms with Gasteiger partial charge in [-0.2, -0.15) is 0 Å². The fourth-order valence-electron chi connectivity index (χ4n) is 4.31. The fourth-order valence-corrected chi connectivity index (χ4v) is 4.47. The van der Waals surface area contributed by atoms with Gasteiger partial charge in [-0.05, 0) is 49.1 Å². The third kappa shape index (κ3) is 5.80. The first-order chi connectivity index (χ1) is 17.1. The Morgan fingerprint density at radius 2 is 1.74 bits per heavy atom. The zero-order valence-electron chi connectivity index (χ0n) is 19.8. The van der Waals surface area contributed by atoms with Crippen molar-refractivity contribution in [2.24, 2.45) is 0 Å². The average Bonchev–Trinajstić information content (AvgIpc) is 3.72. The summed E-state index contributed by atoms with van der Waals surface area (Å²) in [4.78, 5) is 25.0. The first kappa shape index (κ1) is 23.3. The van der Waals surface area contributed by atoms with E-state index in [2.05, 4.69) is 22.3 Å². The predicted octanol–water partition coefficient (Wildman–Crippen LogP) is 6.43. The Bertz CT molecular complexity index is 1310. The van der Waals surface area contributed by atoms with E-state index >= 15 is 0 Å². The zero-order valence-corrected chi connectivity index (χ0v) is 20.6. The monoisotopic (exact) mass is 484 g/mol. The van der Waals surface area contributed by atoms with Crippen molar-refractivity contribution in [3.63, 3.8) is 0 Å². The molecule has 1 N–H and O–H groups in total. The summed E-state index contributed by atoms with van der Waals surface area (Å²) in [6, 6.07) is 26.0. The maximum Gasteiger partial charge on any atom is 0.222 e. The van der Waals surface area contributed by atoms with Gasteiger partial charge in [0.2, 0.25) is 5.91 Å². The van der Waals surface area contributed by atoms with Crippen LogP contribution >= 0.6 is 11.6 Å². The number of nitrogens with zero attached hydrogens (tertiary/aromatic N) is 3. The van der Waals surface area contributed by atoms with Gasteiger partial charge >= 0.3 is 0 Å². The van der Waals surface area contributed by atoms with Gasteiger partial charge in [0.25, 0.3) is 0 Å². The van der Waals surface area contributed by atoms with Gasteiger partial charge in [0.05, 0.1) is 11.6 Å². The second-order valence-electron chi connectivity index (χ2n) is 9.20. The van der Waals surface area contributed by atoms with Gasteiger partial charge in [0, 0.05) is 35.8 Å². The fraction of sp³-hybridized carbons (Fsp3) is 0.276. The lowest BCUT2D eigenvalue weighted by molar-refractivity contribution is -0.121. The van der Waals surface area contributed by atoms with E-state index in [9.17, 15) is 4.79 Å². The molecule has 5 nitrogen and oxygen atoms in total. The van der Waals surface area contributed by atoms with Crippen molar-refractivity contribution < 1.29 is 4.79 Å². The van der Waals surface area contributed by atoms with E-state index in [1.54, 1.807) is 0 Å². The Hall–Kier alpha value is -3.44. The summed E-state index contributed by atoms with van der Waals surface area (Å²) in [6.45, 7) is 3.21. The quantitative estimate of drug-likeness (QED) is 0.297. The lowest BCUT2D eigenvalue weighted by atomic mass is 10.1. The molecule has 0 radical (unpaired) electrons. The van der Waals surface area contributed by atoms with E-state index < -0.39 is 0 Å². The highest BCUT2D eigenvalue weighted by atomic mass is 35.5. The Morgan fingerprint density at radius 3 is 2.46 bits per heavy atom. The van der Waals surface area contributed by atoms with Crippen molar-refractivity contribution in [3.05, 3.63) is 101 Å². The minimum absolute atomic E-state index is 0.0169. The van der Waals surface area contributed by atoms with Crippen LogP contribution in [0, 0.1) is 0 Å². The lowest BCUT2D eigenvalue weighted by Gasteiger charge is -2.26. The number of rotatable bonds is 9. The molecular formula is C29H29ClN4O. The van der Waals surface area contributed by atoms with Crippen molar-refractivity contribution >= 4 is 34.2 Å². The van der Waals surface area contributed by atoms with E-state index in [0.717, 1.165) is 41.0 Å². The maximum atomic E-state index is 12.9. The van der Waals surface area contributed by atoms with Crippen LogP contribution in [-0.2, 0) is 11.3 Å². The summed E-state index contributed by atoms with van der Waals surface area (Å²) < 4.78 is 0. The molecule has 1 heterocycles. The van der Waals surface area contributed by atoms with E-state index in [1.807, 2.05) is 73.7 Å². The molecule has 1 aliphatic carbocycles. The largest absolute Gasteiger partial charge is 0.351 e. The molecule has 5 rings (SSSR count). The van der Waals surface area contributed by atoms with Crippen molar-refractivity contribution in [2.75, 3.05) is 11.4 Å². The van der Waals surface area contributed by atoms with Crippen LogP contribution in [0.1, 0.15) is 55.1 Å². The molecule has 1 fully saturated rings. The van der Waals surface area contributed by atoms with E-state index in [4.69, 9.17) is 21.6 Å². The molecule has 6 heteroatoms. The minimum atomic E-state index is -0.0465. The van der Waals surface area contributed by atoms with Crippen LogP contribution in [0.5, 0.6) is 0 Å². The summed E-state index contributed by atoms with van der Waals surface area (Å²) in [5.41, 5.74) is 3.11. The molecule has 0 bridgehead atoms. The number of benzene rings is 3. The number of anilines is 1. The van der Waals surface area contributed by atoms with Crippen LogP contribution in [-0.4, -0.2) is 22.4 Å². The standard InChI is InChI=1S/C29H29ClN4O/c1-20(22-10-6-3-7-11-22)31-27(35)16-17-34(19-21-8-4-2-5-9-21)29-25-15-14-24(30)18-26(25)32-28(33-29)23-12-13-23/h2-11,14-15,18,20,23H,12-13,16-17,19H2,1H3,(H,31,35). The van der Waals surface area contributed by atoms with Crippen LogP contribution < -0.4 is 10.2 Å². The Kier molecular flexibility index (Phi) is 6.96. The highest BCUT2D eigenvalue weighted by Gasteiger charge is 2.28. The predicted molar refractivity (Wildman–Crippen MR) is 142 cm³/mol. The molecule has 1 aliphatic rings. The summed E-state index contributed by atoms with van der Waals surface area (Å²) in [5, 5.41) is 4.75. The van der Waals surface area contributed by atoms with Crippen LogP contribution in [0.15, 0.2) is 78.9 Å². The van der Waals surface area contributed by atoms with Crippen LogP contribution in [0.4, 0.5) is 5.82 Å². The first-order valence-electron chi connectivity index (χ1n) is 12.2. The number of hydrogen-bond acceptors (Lipinski definition) is 4. The third-order valence-corrected chi connectivity index (χ3v) is 6.64. The number of fused-ring (bicyclic) bond motifs is 1. The highest BCUT2D eigenvalue weighted by molar-refractivity contribution is 6.31. The SMILES string of the molecule is CC(NC(=O)CCN(Cc1ccccc1)c1nc(C2CC2)nc2cc(Cl)ccc12)c1ccccc1. The third-order valence-electron chi connectivity index (χ3n) is 6.40.